The predicted octanol–water partition coefficient (Wildman–Crippen LogP) is 3.77. The summed E-state index contributed by atoms with van der Waals surface area (Å²) in [5.41, 5.74) is 3.11. The Balaban J connectivity index is 1.72. The highest BCUT2D eigenvalue weighted by Gasteiger charge is 2.09. The average Bonchev–Trinajstić information content (AvgIpc) is 2.79. The Hall–Kier alpha value is -1.59. The summed E-state index contributed by atoms with van der Waals surface area (Å²) < 4.78 is 1.95. The Bertz CT molecular complexity index is 654. The van der Waals surface area contributed by atoms with Crippen LogP contribution < -0.4 is 10.6 Å². The fourth-order valence-corrected chi connectivity index (χ4v) is 2.81. The monoisotopic (exact) mass is 350 g/mol. The maximum Gasteiger partial charge on any atom is 0.166 e. The molecule has 1 unspecified atom stereocenters. The molecule has 23 heavy (non-hydrogen) atoms. The minimum atomic E-state index is 0.186. The van der Waals surface area contributed by atoms with E-state index < -0.39 is 0 Å². The van der Waals surface area contributed by atoms with E-state index in [1.54, 1.807) is 0 Å². The van der Waals surface area contributed by atoms with E-state index >= 15 is 0 Å². The molecule has 0 saturated heterocycles. The second-order valence-corrected chi connectivity index (χ2v) is 6.38. The first-order valence-electron chi connectivity index (χ1n) is 7.78. The van der Waals surface area contributed by atoms with E-state index in [1.807, 2.05) is 36.7 Å². The molecule has 4 nitrogen and oxygen atoms in total. The Morgan fingerprint density at radius 1 is 1.30 bits per heavy atom. The fraction of sp³-hybridized carbons (Fsp3) is 0.412. The van der Waals surface area contributed by atoms with Crippen LogP contribution in [0, 0.1) is 13.8 Å². The molecule has 2 rings (SSSR count). The molecule has 124 valence electrons. The normalized spacial score (nSPS) is 12.0. The summed E-state index contributed by atoms with van der Waals surface area (Å²) in [6, 6.07) is 10.4. The average molecular weight is 351 g/mol. The molecule has 0 spiro atoms. The van der Waals surface area contributed by atoms with Gasteiger partial charge in [0.05, 0.1) is 22.5 Å². The molecule has 1 heterocycles. The molecule has 0 aliphatic rings. The van der Waals surface area contributed by atoms with Crippen molar-refractivity contribution in [3.05, 3.63) is 52.3 Å². The maximum absolute atomic E-state index is 6.15. The molecule has 1 aromatic heterocycles. The minimum Gasteiger partial charge on any atom is -0.363 e. The van der Waals surface area contributed by atoms with E-state index in [4.69, 9.17) is 23.8 Å². The van der Waals surface area contributed by atoms with Gasteiger partial charge in [0, 0.05) is 13.1 Å². The van der Waals surface area contributed by atoms with E-state index in [2.05, 4.69) is 34.8 Å². The van der Waals surface area contributed by atoms with Gasteiger partial charge in [-0.3, -0.25) is 4.68 Å². The Morgan fingerprint density at radius 2 is 2.00 bits per heavy atom. The molecule has 1 atom stereocenters. The first-order valence-corrected chi connectivity index (χ1v) is 8.56. The number of aromatic nitrogens is 2. The van der Waals surface area contributed by atoms with Crippen molar-refractivity contribution < 1.29 is 0 Å². The van der Waals surface area contributed by atoms with E-state index in [1.165, 1.54) is 5.56 Å². The van der Waals surface area contributed by atoms with Crippen molar-refractivity contribution in [2.75, 3.05) is 6.54 Å². The zero-order valence-electron chi connectivity index (χ0n) is 13.8. The lowest BCUT2D eigenvalue weighted by atomic mass is 10.1. The van der Waals surface area contributed by atoms with Crippen molar-refractivity contribution in [3.63, 3.8) is 0 Å². The van der Waals surface area contributed by atoms with E-state index in [-0.39, 0.29) is 6.04 Å². The van der Waals surface area contributed by atoms with Crippen molar-refractivity contribution in [2.45, 2.75) is 39.8 Å². The lowest BCUT2D eigenvalue weighted by Crippen LogP contribution is -2.37. The zero-order valence-corrected chi connectivity index (χ0v) is 15.3. The number of rotatable bonds is 6. The number of hydrogen-bond donors (Lipinski definition) is 2. The molecule has 0 fully saturated rings. The summed E-state index contributed by atoms with van der Waals surface area (Å²) in [5, 5.41) is 12.4. The number of hydrogen-bond acceptors (Lipinski definition) is 2. The van der Waals surface area contributed by atoms with Crippen LogP contribution in [0.5, 0.6) is 0 Å². The Morgan fingerprint density at radius 3 is 2.61 bits per heavy atom. The lowest BCUT2D eigenvalue weighted by Gasteiger charge is -2.17. The van der Waals surface area contributed by atoms with Crippen molar-refractivity contribution in [1.29, 1.82) is 0 Å². The molecular formula is C17H23ClN4S. The van der Waals surface area contributed by atoms with Crippen LogP contribution in [0.1, 0.15) is 36.3 Å². The summed E-state index contributed by atoms with van der Waals surface area (Å²) in [7, 11) is 0. The number of benzene rings is 1. The van der Waals surface area contributed by atoms with Crippen molar-refractivity contribution in [2.24, 2.45) is 0 Å². The maximum atomic E-state index is 6.15. The van der Waals surface area contributed by atoms with Crippen LogP contribution in [0.2, 0.25) is 5.02 Å². The number of thiocarbonyl (C=S) groups is 1. The molecule has 0 saturated carbocycles. The third kappa shape index (κ3) is 4.94. The minimum absolute atomic E-state index is 0.186. The van der Waals surface area contributed by atoms with Gasteiger partial charge in [-0.25, -0.2) is 0 Å². The summed E-state index contributed by atoms with van der Waals surface area (Å²) in [6.07, 6.45) is 0.930. The van der Waals surface area contributed by atoms with Crippen molar-refractivity contribution in [3.8, 4) is 0 Å². The number of aryl methyl sites for hydroxylation is 2. The summed E-state index contributed by atoms with van der Waals surface area (Å²) in [5.74, 6) is 0. The van der Waals surface area contributed by atoms with Crippen LogP contribution in [0.4, 0.5) is 0 Å². The largest absolute Gasteiger partial charge is 0.363 e. The van der Waals surface area contributed by atoms with Crippen LogP contribution in [-0.4, -0.2) is 21.4 Å². The second kappa shape index (κ2) is 8.31. The SMILES string of the molecule is Cc1nn(CCCNC(=S)NC(C)c2ccccc2)c(C)c1Cl. The molecule has 0 aliphatic heterocycles. The first-order chi connectivity index (χ1) is 11.0. The highest BCUT2D eigenvalue weighted by Crippen LogP contribution is 2.18. The molecule has 2 N–H and O–H groups in total. The van der Waals surface area contributed by atoms with Gasteiger partial charge in [0.25, 0.3) is 0 Å². The summed E-state index contributed by atoms with van der Waals surface area (Å²) in [6.45, 7) is 7.63. The topological polar surface area (TPSA) is 41.9 Å². The van der Waals surface area contributed by atoms with Crippen molar-refractivity contribution in [1.82, 2.24) is 20.4 Å². The fourth-order valence-electron chi connectivity index (χ4n) is 2.40. The molecule has 0 radical (unpaired) electrons. The Kier molecular flexibility index (Phi) is 6.42. The summed E-state index contributed by atoms with van der Waals surface area (Å²) >= 11 is 11.5. The molecule has 0 amide bonds. The molecular weight excluding hydrogens is 328 g/mol. The van der Waals surface area contributed by atoms with Gasteiger partial charge in [0.15, 0.2) is 5.11 Å². The molecule has 2 aromatic rings. The third-order valence-corrected chi connectivity index (χ3v) is 4.58. The van der Waals surface area contributed by atoms with Gasteiger partial charge in [-0.15, -0.1) is 0 Å². The van der Waals surface area contributed by atoms with Gasteiger partial charge in [-0.2, -0.15) is 5.10 Å². The highest BCUT2D eigenvalue weighted by molar-refractivity contribution is 7.80. The van der Waals surface area contributed by atoms with E-state index in [9.17, 15) is 0 Å². The van der Waals surface area contributed by atoms with Crippen LogP contribution in [0.25, 0.3) is 0 Å². The highest BCUT2D eigenvalue weighted by atomic mass is 35.5. The van der Waals surface area contributed by atoms with E-state index in [0.29, 0.717) is 5.11 Å². The van der Waals surface area contributed by atoms with Gasteiger partial charge >= 0.3 is 0 Å². The standard InChI is InChI=1S/C17H23ClN4S/c1-12(15-8-5-4-6-9-15)20-17(23)19-10-7-11-22-14(3)16(18)13(2)21-22/h4-6,8-9,12H,7,10-11H2,1-3H3,(H2,19,20,23). The van der Waals surface area contributed by atoms with Gasteiger partial charge < -0.3 is 10.6 Å². The van der Waals surface area contributed by atoms with Crippen LogP contribution in [0.15, 0.2) is 30.3 Å². The number of nitrogens with one attached hydrogen (secondary N) is 2. The van der Waals surface area contributed by atoms with Crippen LogP contribution >= 0.6 is 23.8 Å². The molecule has 0 aliphatic carbocycles. The van der Waals surface area contributed by atoms with Crippen LogP contribution in [0.3, 0.4) is 0 Å². The first kappa shape index (κ1) is 17.8. The van der Waals surface area contributed by atoms with E-state index in [0.717, 1.165) is 35.9 Å². The molecule has 6 heteroatoms. The zero-order chi connectivity index (χ0) is 16.8. The number of nitrogens with zero attached hydrogens (tertiary/aromatic N) is 2. The Labute approximate surface area is 148 Å². The predicted molar refractivity (Wildman–Crippen MR) is 99.9 cm³/mol. The van der Waals surface area contributed by atoms with Gasteiger partial charge in [-0.05, 0) is 45.0 Å². The van der Waals surface area contributed by atoms with Gasteiger partial charge in [-0.1, -0.05) is 41.9 Å². The summed E-state index contributed by atoms with van der Waals surface area (Å²) in [4.78, 5) is 0. The van der Waals surface area contributed by atoms with Gasteiger partial charge in [0.2, 0.25) is 0 Å². The third-order valence-electron chi connectivity index (χ3n) is 3.77. The molecule has 0 bridgehead atoms. The second-order valence-electron chi connectivity index (χ2n) is 5.59. The quantitative estimate of drug-likeness (QED) is 0.614. The van der Waals surface area contributed by atoms with Crippen LogP contribution in [-0.2, 0) is 6.54 Å². The van der Waals surface area contributed by atoms with Crippen molar-refractivity contribution >= 4 is 28.9 Å². The number of halogens is 1. The van der Waals surface area contributed by atoms with Gasteiger partial charge in [0.1, 0.15) is 0 Å². The lowest BCUT2D eigenvalue weighted by molar-refractivity contribution is 0.555. The smallest absolute Gasteiger partial charge is 0.166 e. The molecule has 1 aromatic carbocycles.